The highest BCUT2D eigenvalue weighted by Crippen LogP contribution is 2.21. The van der Waals surface area contributed by atoms with E-state index in [0.29, 0.717) is 36.4 Å². The van der Waals surface area contributed by atoms with Gasteiger partial charge in [0.15, 0.2) is 0 Å². The molecule has 0 spiro atoms. The normalized spacial score (nSPS) is 17.2. The van der Waals surface area contributed by atoms with Crippen LogP contribution < -0.4 is 10.1 Å². The number of amides is 2. The summed E-state index contributed by atoms with van der Waals surface area (Å²) in [6.07, 6.45) is 8.59. The molecule has 1 saturated heterocycles. The van der Waals surface area contributed by atoms with Crippen LogP contribution in [0.15, 0.2) is 54.6 Å². The highest BCUT2D eigenvalue weighted by atomic mass is 16.5. The molecule has 7 heteroatoms. The number of carboxylic acid groups (broad SMARTS) is 1. The van der Waals surface area contributed by atoms with E-state index in [2.05, 4.69) is 5.32 Å². The lowest BCUT2D eigenvalue weighted by Crippen LogP contribution is -2.45. The summed E-state index contributed by atoms with van der Waals surface area (Å²) in [7, 11) is 0. The second-order valence-electron chi connectivity index (χ2n) is 7.97. The van der Waals surface area contributed by atoms with Crippen LogP contribution in [0, 0.1) is 0 Å². The summed E-state index contributed by atoms with van der Waals surface area (Å²) in [4.78, 5) is 36.8. The molecule has 7 nitrogen and oxygen atoms in total. The summed E-state index contributed by atoms with van der Waals surface area (Å²) in [6, 6.07) is 15.0. The number of nitrogens with zero attached hydrogens (tertiary/aromatic N) is 1. The van der Waals surface area contributed by atoms with Crippen LogP contribution in [-0.4, -0.2) is 46.9 Å². The Morgan fingerprint density at radius 1 is 0.875 bits per heavy atom. The van der Waals surface area contributed by atoms with Crippen molar-refractivity contribution in [3.63, 3.8) is 0 Å². The first-order valence-electron chi connectivity index (χ1n) is 11.2. The summed E-state index contributed by atoms with van der Waals surface area (Å²) < 4.78 is 5.66. The lowest BCUT2D eigenvalue weighted by atomic mass is 10.2. The molecule has 1 atom stereocenters. The van der Waals surface area contributed by atoms with Gasteiger partial charge in [-0.1, -0.05) is 50.3 Å². The van der Waals surface area contributed by atoms with Crippen LogP contribution in [0.4, 0.5) is 0 Å². The molecule has 170 valence electrons. The molecule has 1 heterocycles. The summed E-state index contributed by atoms with van der Waals surface area (Å²) in [5.74, 6) is -0.520. The van der Waals surface area contributed by atoms with Crippen molar-refractivity contribution in [1.82, 2.24) is 10.2 Å². The SMILES string of the molecule is C1CCCC1.O=C(NCC(=O)N1CCCC1C(=O)O)c1ccc(Oc2ccccc2)cc1. The standard InChI is InChI=1S/C20H20N2O5.C5H10/c23-18(22-12-4-7-17(22)20(25)26)13-21-19(24)14-8-10-16(11-9-14)27-15-5-2-1-3-6-15;1-2-4-5-3-1/h1-3,5-6,8-11,17H,4,7,12-13H2,(H,21,24)(H,25,26);1-5H2. The molecule has 2 aromatic rings. The average Bonchev–Trinajstić information content (AvgIpc) is 3.54. The third-order valence-corrected chi connectivity index (χ3v) is 5.60. The molecule has 4 rings (SSSR count). The van der Waals surface area contributed by atoms with Crippen molar-refractivity contribution in [2.24, 2.45) is 0 Å². The first-order chi connectivity index (χ1) is 15.5. The van der Waals surface area contributed by atoms with Crippen molar-refractivity contribution in [2.45, 2.75) is 51.0 Å². The number of para-hydroxylation sites is 1. The van der Waals surface area contributed by atoms with Gasteiger partial charge in [-0.3, -0.25) is 9.59 Å². The van der Waals surface area contributed by atoms with Gasteiger partial charge >= 0.3 is 5.97 Å². The predicted octanol–water partition coefficient (Wildman–Crippen LogP) is 4.23. The molecular formula is C25H30N2O5. The van der Waals surface area contributed by atoms with E-state index in [1.54, 1.807) is 24.3 Å². The lowest BCUT2D eigenvalue weighted by Gasteiger charge is -2.21. The Morgan fingerprint density at radius 2 is 1.47 bits per heavy atom. The number of benzene rings is 2. The molecular weight excluding hydrogens is 408 g/mol. The number of likely N-dealkylation sites (tertiary alicyclic amines) is 1. The third kappa shape index (κ3) is 6.83. The fourth-order valence-electron chi connectivity index (χ4n) is 3.86. The Balaban J connectivity index is 0.000000509. The highest BCUT2D eigenvalue weighted by molar-refractivity contribution is 5.97. The number of carbonyl (C=O) groups excluding carboxylic acids is 2. The quantitative estimate of drug-likeness (QED) is 0.703. The maximum Gasteiger partial charge on any atom is 0.326 e. The minimum absolute atomic E-state index is 0.231. The first kappa shape index (κ1) is 23.3. The van der Waals surface area contributed by atoms with Gasteiger partial charge in [0.2, 0.25) is 5.91 Å². The van der Waals surface area contributed by atoms with Crippen molar-refractivity contribution in [3.05, 3.63) is 60.2 Å². The van der Waals surface area contributed by atoms with Gasteiger partial charge in [-0.2, -0.15) is 0 Å². The van der Waals surface area contributed by atoms with Crippen molar-refractivity contribution < 1.29 is 24.2 Å². The molecule has 1 aliphatic heterocycles. The van der Waals surface area contributed by atoms with Gasteiger partial charge in [0.05, 0.1) is 6.54 Å². The number of rotatable bonds is 6. The zero-order valence-electron chi connectivity index (χ0n) is 18.2. The topological polar surface area (TPSA) is 95.9 Å². The molecule has 0 bridgehead atoms. The van der Waals surface area contributed by atoms with Gasteiger partial charge in [0, 0.05) is 12.1 Å². The maximum absolute atomic E-state index is 12.2. The number of nitrogens with one attached hydrogen (secondary N) is 1. The van der Waals surface area contributed by atoms with E-state index in [1.807, 2.05) is 30.3 Å². The van der Waals surface area contributed by atoms with Crippen LogP contribution in [0.5, 0.6) is 11.5 Å². The van der Waals surface area contributed by atoms with Crippen LogP contribution in [0.25, 0.3) is 0 Å². The lowest BCUT2D eigenvalue weighted by molar-refractivity contribution is -0.147. The molecule has 0 radical (unpaired) electrons. The van der Waals surface area contributed by atoms with Gasteiger partial charge < -0.3 is 20.1 Å². The monoisotopic (exact) mass is 438 g/mol. The van der Waals surface area contributed by atoms with Crippen molar-refractivity contribution in [1.29, 1.82) is 0 Å². The van der Waals surface area contributed by atoms with Gasteiger partial charge in [0.1, 0.15) is 17.5 Å². The molecule has 2 fully saturated rings. The Labute approximate surface area is 188 Å². The Morgan fingerprint density at radius 3 is 2.06 bits per heavy atom. The smallest absolute Gasteiger partial charge is 0.326 e. The Kier molecular flexibility index (Phi) is 8.66. The minimum atomic E-state index is -1.01. The Hall–Kier alpha value is -3.35. The molecule has 1 saturated carbocycles. The minimum Gasteiger partial charge on any atom is -0.480 e. The molecule has 2 aliphatic rings. The first-order valence-corrected chi connectivity index (χ1v) is 11.2. The van der Waals surface area contributed by atoms with E-state index in [0.717, 1.165) is 0 Å². The van der Waals surface area contributed by atoms with Gasteiger partial charge in [-0.25, -0.2) is 4.79 Å². The molecule has 32 heavy (non-hydrogen) atoms. The highest BCUT2D eigenvalue weighted by Gasteiger charge is 2.33. The maximum atomic E-state index is 12.2. The number of hydrogen-bond acceptors (Lipinski definition) is 4. The molecule has 2 N–H and O–H groups in total. The van der Waals surface area contributed by atoms with Crippen molar-refractivity contribution >= 4 is 17.8 Å². The summed E-state index contributed by atoms with van der Waals surface area (Å²) in [5, 5.41) is 11.7. The van der Waals surface area contributed by atoms with Crippen molar-refractivity contribution in [3.8, 4) is 11.5 Å². The zero-order chi connectivity index (χ0) is 22.8. The van der Waals surface area contributed by atoms with E-state index in [-0.39, 0.29) is 6.54 Å². The summed E-state index contributed by atoms with van der Waals surface area (Å²) >= 11 is 0. The molecule has 1 unspecified atom stereocenters. The second kappa shape index (κ2) is 11.9. The van der Waals surface area contributed by atoms with E-state index < -0.39 is 23.8 Å². The molecule has 0 aromatic heterocycles. The van der Waals surface area contributed by atoms with Crippen LogP contribution in [0.1, 0.15) is 55.3 Å². The number of carboxylic acids is 1. The second-order valence-corrected chi connectivity index (χ2v) is 7.97. The Bertz CT molecular complexity index is 887. The van der Waals surface area contributed by atoms with E-state index in [4.69, 9.17) is 9.84 Å². The number of hydrogen-bond donors (Lipinski definition) is 2. The summed E-state index contributed by atoms with van der Waals surface area (Å²) in [6.45, 7) is 0.169. The fraction of sp³-hybridized carbons (Fsp3) is 0.400. The van der Waals surface area contributed by atoms with Crippen LogP contribution in [0.3, 0.4) is 0 Å². The van der Waals surface area contributed by atoms with Crippen LogP contribution >= 0.6 is 0 Å². The van der Waals surface area contributed by atoms with E-state index in [9.17, 15) is 14.4 Å². The van der Waals surface area contributed by atoms with E-state index in [1.165, 1.54) is 37.0 Å². The molecule has 1 aliphatic carbocycles. The number of carbonyl (C=O) groups is 3. The van der Waals surface area contributed by atoms with Gasteiger partial charge in [0.25, 0.3) is 5.91 Å². The van der Waals surface area contributed by atoms with Gasteiger partial charge in [-0.15, -0.1) is 0 Å². The predicted molar refractivity (Wildman–Crippen MR) is 121 cm³/mol. The summed E-state index contributed by atoms with van der Waals surface area (Å²) in [5.41, 5.74) is 0.388. The third-order valence-electron chi connectivity index (χ3n) is 5.60. The number of ether oxygens (including phenoxy) is 1. The zero-order valence-corrected chi connectivity index (χ0v) is 18.2. The van der Waals surface area contributed by atoms with Crippen LogP contribution in [-0.2, 0) is 9.59 Å². The van der Waals surface area contributed by atoms with Crippen molar-refractivity contribution in [2.75, 3.05) is 13.1 Å². The van der Waals surface area contributed by atoms with Crippen LogP contribution in [0.2, 0.25) is 0 Å². The fourth-order valence-corrected chi connectivity index (χ4v) is 3.86. The number of aliphatic carboxylic acids is 1. The largest absolute Gasteiger partial charge is 0.480 e. The molecule has 2 amide bonds. The van der Waals surface area contributed by atoms with E-state index >= 15 is 0 Å². The average molecular weight is 439 g/mol. The van der Waals surface area contributed by atoms with Gasteiger partial charge in [-0.05, 0) is 49.2 Å². The molecule has 2 aromatic carbocycles.